The van der Waals surface area contributed by atoms with E-state index >= 15 is 0 Å². The standard InChI is InChI=1S/C12H15BrO2/c1-9(8-12(14)15)2-3-10-4-6-11(13)7-5-10/h4-7,9H,2-3,8H2,1H3,(H,14,15)/t9-/m1/s1. The van der Waals surface area contributed by atoms with Crippen molar-refractivity contribution >= 4 is 21.9 Å². The fraction of sp³-hybridized carbons (Fsp3) is 0.417. The Morgan fingerprint density at radius 1 is 1.40 bits per heavy atom. The molecule has 15 heavy (non-hydrogen) atoms. The van der Waals surface area contributed by atoms with E-state index in [4.69, 9.17) is 5.11 Å². The second kappa shape index (κ2) is 5.91. The van der Waals surface area contributed by atoms with Crippen molar-refractivity contribution < 1.29 is 9.90 Å². The van der Waals surface area contributed by atoms with Gasteiger partial charge in [0.1, 0.15) is 0 Å². The molecule has 0 saturated heterocycles. The van der Waals surface area contributed by atoms with Gasteiger partial charge < -0.3 is 5.11 Å². The van der Waals surface area contributed by atoms with Gasteiger partial charge in [-0.25, -0.2) is 0 Å². The van der Waals surface area contributed by atoms with Crippen LogP contribution in [0.2, 0.25) is 0 Å². The number of carboxylic acids is 1. The zero-order chi connectivity index (χ0) is 11.3. The molecule has 0 aliphatic rings. The van der Waals surface area contributed by atoms with E-state index in [0.29, 0.717) is 0 Å². The van der Waals surface area contributed by atoms with Crippen molar-refractivity contribution in [1.82, 2.24) is 0 Å². The maximum absolute atomic E-state index is 10.5. The smallest absolute Gasteiger partial charge is 0.303 e. The first-order valence-corrected chi connectivity index (χ1v) is 5.83. The lowest BCUT2D eigenvalue weighted by molar-refractivity contribution is -0.138. The maximum Gasteiger partial charge on any atom is 0.303 e. The Hall–Kier alpha value is -0.830. The predicted molar refractivity (Wildman–Crippen MR) is 63.9 cm³/mol. The SMILES string of the molecule is C[C@H](CCc1ccc(Br)cc1)CC(=O)O. The van der Waals surface area contributed by atoms with Crippen LogP contribution in [0.5, 0.6) is 0 Å². The van der Waals surface area contributed by atoms with Crippen molar-refractivity contribution in [1.29, 1.82) is 0 Å². The van der Waals surface area contributed by atoms with E-state index < -0.39 is 5.97 Å². The van der Waals surface area contributed by atoms with Gasteiger partial charge in [0.05, 0.1) is 0 Å². The monoisotopic (exact) mass is 270 g/mol. The molecule has 0 radical (unpaired) electrons. The Kier molecular flexibility index (Phi) is 4.82. The molecule has 1 N–H and O–H groups in total. The van der Waals surface area contributed by atoms with Crippen LogP contribution in [0, 0.1) is 5.92 Å². The van der Waals surface area contributed by atoms with E-state index in [1.165, 1.54) is 5.56 Å². The average Bonchev–Trinajstić information content (AvgIpc) is 2.16. The van der Waals surface area contributed by atoms with Crippen LogP contribution in [-0.2, 0) is 11.2 Å². The van der Waals surface area contributed by atoms with Gasteiger partial charge in [-0.1, -0.05) is 35.0 Å². The first-order valence-electron chi connectivity index (χ1n) is 5.04. The first-order chi connectivity index (χ1) is 7.08. The summed E-state index contributed by atoms with van der Waals surface area (Å²) in [6, 6.07) is 8.16. The molecule has 0 fully saturated rings. The lowest BCUT2D eigenvalue weighted by Crippen LogP contribution is -2.05. The van der Waals surface area contributed by atoms with E-state index in [1.807, 2.05) is 19.1 Å². The average molecular weight is 271 g/mol. The predicted octanol–water partition coefficient (Wildman–Crippen LogP) is 3.49. The molecule has 3 heteroatoms. The van der Waals surface area contributed by atoms with E-state index in [9.17, 15) is 4.79 Å². The number of hydrogen-bond donors (Lipinski definition) is 1. The quantitative estimate of drug-likeness (QED) is 0.890. The lowest BCUT2D eigenvalue weighted by Gasteiger charge is -2.08. The van der Waals surface area contributed by atoms with Crippen molar-refractivity contribution in [3.05, 3.63) is 34.3 Å². The third kappa shape index (κ3) is 4.98. The molecule has 1 aromatic carbocycles. The summed E-state index contributed by atoms with van der Waals surface area (Å²) in [4.78, 5) is 10.5. The van der Waals surface area contributed by atoms with Crippen molar-refractivity contribution in [3.63, 3.8) is 0 Å². The van der Waals surface area contributed by atoms with Crippen LogP contribution < -0.4 is 0 Å². The van der Waals surface area contributed by atoms with E-state index in [1.54, 1.807) is 0 Å². The van der Waals surface area contributed by atoms with Crippen molar-refractivity contribution in [2.75, 3.05) is 0 Å². The molecule has 0 amide bonds. The fourth-order valence-electron chi connectivity index (χ4n) is 1.46. The van der Waals surface area contributed by atoms with Gasteiger partial charge in [-0.3, -0.25) is 4.79 Å². The van der Waals surface area contributed by atoms with Crippen LogP contribution in [0.3, 0.4) is 0 Å². The topological polar surface area (TPSA) is 37.3 Å². The largest absolute Gasteiger partial charge is 0.481 e. The minimum Gasteiger partial charge on any atom is -0.481 e. The molecule has 0 spiro atoms. The molecular formula is C12H15BrO2. The highest BCUT2D eigenvalue weighted by Gasteiger charge is 2.07. The molecule has 0 aliphatic carbocycles. The Bertz CT molecular complexity index is 319. The molecular weight excluding hydrogens is 256 g/mol. The highest BCUT2D eigenvalue weighted by atomic mass is 79.9. The summed E-state index contributed by atoms with van der Waals surface area (Å²) in [5, 5.41) is 8.61. The highest BCUT2D eigenvalue weighted by Crippen LogP contribution is 2.15. The van der Waals surface area contributed by atoms with Gasteiger partial charge in [0.2, 0.25) is 0 Å². The van der Waals surface area contributed by atoms with E-state index in [-0.39, 0.29) is 12.3 Å². The zero-order valence-electron chi connectivity index (χ0n) is 8.74. The summed E-state index contributed by atoms with van der Waals surface area (Å²) in [5.41, 5.74) is 1.26. The number of aliphatic carboxylic acids is 1. The number of hydrogen-bond acceptors (Lipinski definition) is 1. The third-order valence-electron chi connectivity index (χ3n) is 2.36. The van der Waals surface area contributed by atoms with Crippen LogP contribution in [0.4, 0.5) is 0 Å². The van der Waals surface area contributed by atoms with Crippen molar-refractivity contribution in [3.8, 4) is 0 Å². The van der Waals surface area contributed by atoms with Crippen molar-refractivity contribution in [2.24, 2.45) is 5.92 Å². The molecule has 82 valence electrons. The maximum atomic E-state index is 10.5. The zero-order valence-corrected chi connectivity index (χ0v) is 10.3. The molecule has 0 aromatic heterocycles. The number of aryl methyl sites for hydroxylation is 1. The van der Waals surface area contributed by atoms with E-state index in [0.717, 1.165) is 17.3 Å². The summed E-state index contributed by atoms with van der Waals surface area (Å²) < 4.78 is 1.07. The molecule has 0 heterocycles. The molecule has 1 atom stereocenters. The van der Waals surface area contributed by atoms with Gasteiger partial charge in [-0.15, -0.1) is 0 Å². The van der Waals surface area contributed by atoms with Crippen molar-refractivity contribution in [2.45, 2.75) is 26.2 Å². The Balaban J connectivity index is 2.36. The number of carboxylic acid groups (broad SMARTS) is 1. The number of carbonyl (C=O) groups is 1. The van der Waals surface area contributed by atoms with Gasteiger partial charge in [0.25, 0.3) is 0 Å². The Morgan fingerprint density at radius 2 is 2.00 bits per heavy atom. The molecule has 0 aliphatic heterocycles. The molecule has 2 nitrogen and oxygen atoms in total. The molecule has 1 rings (SSSR count). The highest BCUT2D eigenvalue weighted by molar-refractivity contribution is 9.10. The number of rotatable bonds is 5. The van der Waals surface area contributed by atoms with E-state index in [2.05, 4.69) is 28.1 Å². The first kappa shape index (κ1) is 12.2. The van der Waals surface area contributed by atoms with Gasteiger partial charge >= 0.3 is 5.97 Å². The van der Waals surface area contributed by atoms with Crippen LogP contribution in [0.1, 0.15) is 25.3 Å². The minimum absolute atomic E-state index is 0.242. The number of halogens is 1. The fourth-order valence-corrected chi connectivity index (χ4v) is 1.73. The summed E-state index contributed by atoms with van der Waals surface area (Å²) in [5.74, 6) is -0.468. The lowest BCUT2D eigenvalue weighted by atomic mass is 9.98. The second-order valence-electron chi connectivity index (χ2n) is 3.87. The van der Waals surface area contributed by atoms with Gasteiger partial charge in [-0.05, 0) is 36.5 Å². The summed E-state index contributed by atoms with van der Waals surface area (Å²) in [7, 11) is 0. The summed E-state index contributed by atoms with van der Waals surface area (Å²) in [6.07, 6.45) is 2.13. The van der Waals surface area contributed by atoms with Crippen LogP contribution in [0.15, 0.2) is 28.7 Å². The minimum atomic E-state index is -0.710. The van der Waals surface area contributed by atoms with Gasteiger partial charge in [-0.2, -0.15) is 0 Å². The molecule has 0 bridgehead atoms. The normalized spacial score (nSPS) is 12.4. The summed E-state index contributed by atoms with van der Waals surface area (Å²) in [6.45, 7) is 1.98. The summed E-state index contributed by atoms with van der Waals surface area (Å²) >= 11 is 3.38. The Labute approximate surface area is 98.4 Å². The number of benzene rings is 1. The van der Waals surface area contributed by atoms with Crippen LogP contribution >= 0.6 is 15.9 Å². The van der Waals surface area contributed by atoms with Crippen LogP contribution in [-0.4, -0.2) is 11.1 Å². The second-order valence-corrected chi connectivity index (χ2v) is 4.78. The molecule has 0 unspecified atom stereocenters. The van der Waals surface area contributed by atoms with Gasteiger partial charge in [0, 0.05) is 10.9 Å². The van der Waals surface area contributed by atoms with Gasteiger partial charge in [0.15, 0.2) is 0 Å². The van der Waals surface area contributed by atoms with Crippen LogP contribution in [0.25, 0.3) is 0 Å². The Morgan fingerprint density at radius 3 is 2.53 bits per heavy atom. The third-order valence-corrected chi connectivity index (χ3v) is 2.89. The molecule has 1 aromatic rings. The molecule has 0 saturated carbocycles.